The molecule has 2 heterocycles. The predicted octanol–water partition coefficient (Wildman–Crippen LogP) is 2.91. The lowest BCUT2D eigenvalue weighted by Crippen LogP contribution is -2.65. The number of hydrogen-bond acceptors (Lipinski definition) is 3. The Morgan fingerprint density at radius 3 is 2.27 bits per heavy atom. The Kier molecular flexibility index (Phi) is 4.67. The Morgan fingerprint density at radius 1 is 1.14 bits per heavy atom. The van der Waals surface area contributed by atoms with Crippen molar-refractivity contribution in [1.29, 1.82) is 0 Å². The molecule has 2 aliphatic heterocycles. The van der Waals surface area contributed by atoms with Crippen molar-refractivity contribution in [2.45, 2.75) is 78.5 Å². The minimum atomic E-state index is -0.149. The zero-order valence-corrected chi connectivity index (χ0v) is 15.5. The summed E-state index contributed by atoms with van der Waals surface area (Å²) in [6.45, 7) is 18.7. The van der Waals surface area contributed by atoms with E-state index in [0.717, 1.165) is 32.5 Å². The van der Waals surface area contributed by atoms with E-state index in [-0.39, 0.29) is 22.5 Å². The highest BCUT2D eigenvalue weighted by Crippen LogP contribution is 2.42. The van der Waals surface area contributed by atoms with Crippen LogP contribution in [0.5, 0.6) is 0 Å². The van der Waals surface area contributed by atoms with Gasteiger partial charge in [-0.25, -0.2) is 0 Å². The number of hydrogen-bond donors (Lipinski definition) is 0. The van der Waals surface area contributed by atoms with Gasteiger partial charge in [-0.1, -0.05) is 20.8 Å². The van der Waals surface area contributed by atoms with Crippen molar-refractivity contribution >= 4 is 5.91 Å². The second kappa shape index (κ2) is 5.79. The van der Waals surface area contributed by atoms with Gasteiger partial charge in [0.15, 0.2) is 0 Å². The SMILES string of the molecule is CC(=O)N1CCOC2(CCN(C(C)(C)C)C(C(C)(C)C)C2)C1. The molecule has 2 aliphatic rings. The lowest BCUT2D eigenvalue weighted by atomic mass is 9.72. The lowest BCUT2D eigenvalue weighted by molar-refractivity contribution is -0.175. The first-order valence-electron chi connectivity index (χ1n) is 8.61. The van der Waals surface area contributed by atoms with Crippen molar-refractivity contribution in [3.63, 3.8) is 0 Å². The zero-order valence-electron chi connectivity index (χ0n) is 15.5. The molecular weight excluding hydrogens is 276 g/mol. The van der Waals surface area contributed by atoms with E-state index in [1.807, 2.05) is 4.90 Å². The van der Waals surface area contributed by atoms with Crippen molar-refractivity contribution in [1.82, 2.24) is 9.80 Å². The summed E-state index contributed by atoms with van der Waals surface area (Å²) in [5.74, 6) is 0.174. The van der Waals surface area contributed by atoms with Gasteiger partial charge < -0.3 is 9.64 Å². The summed E-state index contributed by atoms with van der Waals surface area (Å²) in [4.78, 5) is 16.4. The molecule has 0 bridgehead atoms. The molecule has 0 radical (unpaired) electrons. The molecule has 0 aromatic rings. The molecule has 4 nitrogen and oxygen atoms in total. The van der Waals surface area contributed by atoms with Gasteiger partial charge >= 0.3 is 0 Å². The quantitative estimate of drug-likeness (QED) is 0.690. The largest absolute Gasteiger partial charge is 0.371 e. The molecule has 1 amide bonds. The van der Waals surface area contributed by atoms with E-state index in [9.17, 15) is 4.79 Å². The van der Waals surface area contributed by atoms with Crippen LogP contribution in [-0.4, -0.2) is 59.1 Å². The molecule has 2 saturated heterocycles. The van der Waals surface area contributed by atoms with Crippen molar-refractivity contribution in [3.8, 4) is 0 Å². The van der Waals surface area contributed by atoms with Gasteiger partial charge in [-0.3, -0.25) is 9.69 Å². The highest BCUT2D eigenvalue weighted by molar-refractivity contribution is 5.73. The summed E-state index contributed by atoms with van der Waals surface area (Å²) >= 11 is 0. The second-order valence-corrected chi connectivity index (χ2v) is 9.17. The molecule has 1 spiro atoms. The van der Waals surface area contributed by atoms with Crippen LogP contribution in [0.25, 0.3) is 0 Å². The van der Waals surface area contributed by atoms with Crippen molar-refractivity contribution in [2.24, 2.45) is 5.41 Å². The highest BCUT2D eigenvalue weighted by Gasteiger charge is 2.49. The first kappa shape index (κ1) is 17.7. The van der Waals surface area contributed by atoms with E-state index >= 15 is 0 Å². The smallest absolute Gasteiger partial charge is 0.219 e. The molecule has 22 heavy (non-hydrogen) atoms. The van der Waals surface area contributed by atoms with Crippen LogP contribution in [0, 0.1) is 5.41 Å². The summed E-state index contributed by atoms with van der Waals surface area (Å²) in [5.41, 5.74) is 0.209. The Hall–Kier alpha value is -0.610. The number of likely N-dealkylation sites (tertiary alicyclic amines) is 1. The summed E-state index contributed by atoms with van der Waals surface area (Å²) in [6.07, 6.45) is 2.03. The lowest BCUT2D eigenvalue weighted by Gasteiger charge is -2.57. The van der Waals surface area contributed by atoms with Crippen LogP contribution >= 0.6 is 0 Å². The van der Waals surface area contributed by atoms with Crippen LogP contribution in [0.3, 0.4) is 0 Å². The number of carbonyl (C=O) groups is 1. The number of piperidine rings is 1. The molecule has 2 fully saturated rings. The van der Waals surface area contributed by atoms with Gasteiger partial charge in [0.05, 0.1) is 12.2 Å². The Labute approximate surface area is 136 Å². The first-order valence-corrected chi connectivity index (χ1v) is 8.61. The number of nitrogens with zero attached hydrogens (tertiary/aromatic N) is 2. The molecule has 0 N–H and O–H groups in total. The van der Waals surface area contributed by atoms with Crippen LogP contribution in [0.4, 0.5) is 0 Å². The van der Waals surface area contributed by atoms with E-state index < -0.39 is 0 Å². The summed E-state index contributed by atoms with van der Waals surface area (Å²) < 4.78 is 6.25. The number of carbonyl (C=O) groups excluding carboxylic acids is 1. The van der Waals surface area contributed by atoms with Crippen molar-refractivity contribution in [3.05, 3.63) is 0 Å². The van der Waals surface area contributed by atoms with Gasteiger partial charge in [-0.2, -0.15) is 0 Å². The maximum Gasteiger partial charge on any atom is 0.219 e. The molecule has 2 rings (SSSR count). The molecule has 128 valence electrons. The molecule has 0 aliphatic carbocycles. The van der Waals surface area contributed by atoms with E-state index in [4.69, 9.17) is 4.74 Å². The molecule has 0 aromatic heterocycles. The van der Waals surface area contributed by atoms with Crippen LogP contribution in [0.15, 0.2) is 0 Å². The van der Waals surface area contributed by atoms with Gasteiger partial charge in [0.2, 0.25) is 5.91 Å². The fourth-order valence-corrected chi connectivity index (χ4v) is 4.01. The van der Waals surface area contributed by atoms with Crippen molar-refractivity contribution in [2.75, 3.05) is 26.2 Å². The molecule has 0 aromatic carbocycles. The average Bonchev–Trinajstić information content (AvgIpc) is 2.36. The third-order valence-electron chi connectivity index (χ3n) is 5.31. The summed E-state index contributed by atoms with van der Waals surface area (Å²) in [7, 11) is 0. The first-order chi connectivity index (χ1) is 9.95. The Morgan fingerprint density at radius 2 is 1.77 bits per heavy atom. The van der Waals surface area contributed by atoms with E-state index in [1.165, 1.54) is 0 Å². The van der Waals surface area contributed by atoms with Crippen LogP contribution < -0.4 is 0 Å². The maximum absolute atomic E-state index is 11.8. The predicted molar refractivity (Wildman–Crippen MR) is 89.9 cm³/mol. The topological polar surface area (TPSA) is 32.8 Å². The van der Waals surface area contributed by atoms with E-state index in [1.54, 1.807) is 6.92 Å². The second-order valence-electron chi connectivity index (χ2n) is 9.17. The minimum Gasteiger partial charge on any atom is -0.371 e. The number of morpholine rings is 1. The molecule has 2 atom stereocenters. The third kappa shape index (κ3) is 3.65. The molecular formula is C18H34N2O2. The monoisotopic (exact) mass is 310 g/mol. The van der Waals surface area contributed by atoms with E-state index in [2.05, 4.69) is 46.4 Å². The Balaban J connectivity index is 2.23. The number of rotatable bonds is 0. The molecule has 0 saturated carbocycles. The number of ether oxygens (including phenoxy) is 1. The van der Waals surface area contributed by atoms with Crippen LogP contribution in [0.1, 0.15) is 61.3 Å². The summed E-state index contributed by atoms with van der Waals surface area (Å²) in [5, 5.41) is 0. The van der Waals surface area contributed by atoms with Gasteiger partial charge in [0.25, 0.3) is 0 Å². The average molecular weight is 310 g/mol. The van der Waals surface area contributed by atoms with Crippen LogP contribution in [-0.2, 0) is 9.53 Å². The van der Waals surface area contributed by atoms with Gasteiger partial charge in [-0.05, 0) is 39.0 Å². The van der Waals surface area contributed by atoms with Gasteiger partial charge in [0.1, 0.15) is 0 Å². The normalized spacial score (nSPS) is 31.6. The molecule has 4 heteroatoms. The highest BCUT2D eigenvalue weighted by atomic mass is 16.5. The minimum absolute atomic E-state index is 0.149. The maximum atomic E-state index is 11.8. The fourth-order valence-electron chi connectivity index (χ4n) is 4.01. The summed E-state index contributed by atoms with van der Waals surface area (Å²) in [6, 6.07) is 0.466. The standard InChI is InChI=1S/C18H34N2O2/c1-14(21)19-10-11-22-18(13-19)8-9-20(17(5,6)7)15(12-18)16(2,3)4/h15H,8-13H2,1-7H3. The van der Waals surface area contributed by atoms with Gasteiger partial charge in [0, 0.05) is 38.1 Å². The third-order valence-corrected chi connectivity index (χ3v) is 5.31. The zero-order chi connectivity index (χ0) is 16.8. The van der Waals surface area contributed by atoms with Gasteiger partial charge in [-0.15, -0.1) is 0 Å². The van der Waals surface area contributed by atoms with Crippen molar-refractivity contribution < 1.29 is 9.53 Å². The van der Waals surface area contributed by atoms with E-state index in [0.29, 0.717) is 12.6 Å². The van der Waals surface area contributed by atoms with Crippen LogP contribution in [0.2, 0.25) is 0 Å². The number of amides is 1. The molecule has 2 unspecified atom stereocenters. The fraction of sp³-hybridized carbons (Fsp3) is 0.944. The Bertz CT molecular complexity index is 422.